The van der Waals surface area contributed by atoms with E-state index in [2.05, 4.69) is 42.0 Å². The van der Waals surface area contributed by atoms with Gasteiger partial charge in [-0.15, -0.1) is 10.2 Å². The minimum absolute atomic E-state index is 0.0394. The highest BCUT2D eigenvalue weighted by atomic mass is 79.9. The normalized spacial score (nSPS) is 10.7. The van der Waals surface area contributed by atoms with Crippen molar-refractivity contribution in [1.29, 1.82) is 0 Å². The Balaban J connectivity index is 1.53. The van der Waals surface area contributed by atoms with Gasteiger partial charge in [-0.25, -0.2) is 5.43 Å². The molecule has 0 atom stereocenters. The molecule has 3 rings (SSSR count). The molecule has 3 aromatic rings. The van der Waals surface area contributed by atoms with Crippen LogP contribution in [0.2, 0.25) is 0 Å². The van der Waals surface area contributed by atoms with Gasteiger partial charge in [-0.05, 0) is 42.5 Å². The van der Waals surface area contributed by atoms with Crippen LogP contribution in [-0.4, -0.2) is 40.4 Å². The summed E-state index contributed by atoms with van der Waals surface area (Å²) in [6.45, 7) is 0. The third-order valence-corrected chi connectivity index (χ3v) is 5.07. The number of hydrogen-bond donors (Lipinski definition) is 3. The van der Waals surface area contributed by atoms with Gasteiger partial charge in [-0.2, -0.15) is 5.10 Å². The number of anilines is 1. The summed E-state index contributed by atoms with van der Waals surface area (Å²) in [6.07, 6.45) is 1.27. The quantitative estimate of drug-likeness (QED) is 0.346. The van der Waals surface area contributed by atoms with E-state index in [1.54, 1.807) is 43.5 Å². The fourth-order valence-corrected chi connectivity index (χ4v) is 3.38. The number of aromatic hydroxyl groups is 1. The van der Waals surface area contributed by atoms with Crippen LogP contribution in [0.25, 0.3) is 0 Å². The highest BCUT2D eigenvalue weighted by Crippen LogP contribution is 2.20. The fraction of sp³-hybridized carbons (Fsp3) is 0.105. The van der Waals surface area contributed by atoms with Gasteiger partial charge in [0.1, 0.15) is 16.5 Å². The Labute approximate surface area is 183 Å². The number of ether oxygens (including phenoxy) is 1. The molecule has 3 N–H and O–H groups in total. The number of carbonyl (C=O) groups is 2. The number of halogens is 1. The number of aromatic nitrogens is 2. The Bertz CT molecular complexity index is 1080. The van der Waals surface area contributed by atoms with Crippen LogP contribution in [0.15, 0.2) is 52.0 Å². The number of phenols is 1. The predicted octanol–water partition coefficient (Wildman–Crippen LogP) is 2.96. The molecule has 0 fully saturated rings. The van der Waals surface area contributed by atoms with Crippen molar-refractivity contribution in [2.24, 2.45) is 5.10 Å². The van der Waals surface area contributed by atoms with Crippen LogP contribution in [0.3, 0.4) is 0 Å². The van der Waals surface area contributed by atoms with Crippen LogP contribution in [0, 0.1) is 0 Å². The molecule has 30 heavy (non-hydrogen) atoms. The zero-order valence-electron chi connectivity index (χ0n) is 15.6. The van der Waals surface area contributed by atoms with Gasteiger partial charge in [-0.3, -0.25) is 14.9 Å². The zero-order valence-corrected chi connectivity index (χ0v) is 18.0. The predicted molar refractivity (Wildman–Crippen MR) is 116 cm³/mol. The van der Waals surface area contributed by atoms with Crippen molar-refractivity contribution >= 4 is 50.4 Å². The molecule has 0 saturated heterocycles. The summed E-state index contributed by atoms with van der Waals surface area (Å²) >= 11 is 4.38. The van der Waals surface area contributed by atoms with Gasteiger partial charge in [0, 0.05) is 15.6 Å². The molecule has 0 aliphatic heterocycles. The SMILES string of the molecule is COc1ccc(C(=O)Nc2nnc(CC(=O)N/N=C/c3cc(Br)ccc3O)s2)cc1. The molecule has 0 aliphatic rings. The summed E-state index contributed by atoms with van der Waals surface area (Å²) in [7, 11) is 1.55. The molecule has 0 bridgehead atoms. The summed E-state index contributed by atoms with van der Waals surface area (Å²) in [4.78, 5) is 24.2. The van der Waals surface area contributed by atoms with Crippen molar-refractivity contribution < 1.29 is 19.4 Å². The van der Waals surface area contributed by atoms with Crippen molar-refractivity contribution in [3.63, 3.8) is 0 Å². The lowest BCUT2D eigenvalue weighted by molar-refractivity contribution is -0.120. The second-order valence-electron chi connectivity index (χ2n) is 5.86. The van der Waals surface area contributed by atoms with E-state index in [1.165, 1.54) is 12.3 Å². The van der Waals surface area contributed by atoms with E-state index in [0.29, 0.717) is 21.9 Å². The largest absolute Gasteiger partial charge is 0.507 e. The first-order valence-corrected chi connectivity index (χ1v) is 10.1. The number of carbonyl (C=O) groups excluding carboxylic acids is 2. The molecule has 11 heteroatoms. The van der Waals surface area contributed by atoms with Gasteiger partial charge < -0.3 is 9.84 Å². The number of rotatable bonds is 7. The van der Waals surface area contributed by atoms with Crippen molar-refractivity contribution in [2.45, 2.75) is 6.42 Å². The highest BCUT2D eigenvalue weighted by molar-refractivity contribution is 9.10. The summed E-state index contributed by atoms with van der Waals surface area (Å²) in [5.41, 5.74) is 3.25. The van der Waals surface area contributed by atoms with E-state index in [4.69, 9.17) is 4.74 Å². The number of nitrogens with zero attached hydrogens (tertiary/aromatic N) is 3. The Hall–Kier alpha value is -3.31. The van der Waals surface area contributed by atoms with Crippen LogP contribution in [-0.2, 0) is 11.2 Å². The van der Waals surface area contributed by atoms with E-state index < -0.39 is 5.91 Å². The van der Waals surface area contributed by atoms with Gasteiger partial charge >= 0.3 is 0 Å². The maximum absolute atomic E-state index is 12.2. The number of benzene rings is 2. The number of hydrogen-bond acceptors (Lipinski definition) is 8. The lowest BCUT2D eigenvalue weighted by Crippen LogP contribution is -2.19. The molecule has 0 saturated carbocycles. The van der Waals surface area contributed by atoms with Crippen LogP contribution < -0.4 is 15.5 Å². The third kappa shape index (κ3) is 5.84. The first-order valence-electron chi connectivity index (χ1n) is 8.53. The first kappa shape index (κ1) is 21.4. The highest BCUT2D eigenvalue weighted by Gasteiger charge is 2.12. The third-order valence-electron chi connectivity index (χ3n) is 3.73. The maximum atomic E-state index is 12.2. The standard InChI is InChI=1S/C19H16BrN5O4S/c1-29-14-5-2-11(3-6-14)18(28)22-19-25-24-17(30-19)9-16(27)23-21-10-12-8-13(20)4-7-15(12)26/h2-8,10,26H,9H2,1H3,(H,23,27)(H,22,25,28)/b21-10+. The summed E-state index contributed by atoms with van der Waals surface area (Å²) in [5.74, 6) is -0.0701. The average molecular weight is 490 g/mol. The Morgan fingerprint density at radius 1 is 1.23 bits per heavy atom. The van der Waals surface area contributed by atoms with Crippen LogP contribution in [0.1, 0.15) is 20.9 Å². The molecule has 9 nitrogen and oxygen atoms in total. The van der Waals surface area contributed by atoms with Gasteiger partial charge in [-0.1, -0.05) is 27.3 Å². The second kappa shape index (κ2) is 9.94. The lowest BCUT2D eigenvalue weighted by Gasteiger charge is -2.02. The molecule has 0 aliphatic carbocycles. The number of hydrazone groups is 1. The molecule has 0 radical (unpaired) electrons. The number of phenolic OH excluding ortho intramolecular Hbond substituents is 1. The number of amides is 2. The molecule has 0 spiro atoms. The van der Waals surface area contributed by atoms with Crippen molar-refractivity contribution in [1.82, 2.24) is 15.6 Å². The smallest absolute Gasteiger partial charge is 0.257 e. The number of methoxy groups -OCH3 is 1. The molecule has 0 unspecified atom stereocenters. The minimum Gasteiger partial charge on any atom is -0.507 e. The van der Waals surface area contributed by atoms with Gasteiger partial charge in [0.25, 0.3) is 5.91 Å². The summed E-state index contributed by atoms with van der Waals surface area (Å²) in [6, 6.07) is 11.5. The molecule has 1 aromatic heterocycles. The monoisotopic (exact) mass is 489 g/mol. The topological polar surface area (TPSA) is 126 Å². The molecule has 1 heterocycles. The van der Waals surface area contributed by atoms with E-state index in [0.717, 1.165) is 15.8 Å². The van der Waals surface area contributed by atoms with Gasteiger partial charge in [0.05, 0.1) is 19.7 Å². The first-order chi connectivity index (χ1) is 14.4. The minimum atomic E-state index is -0.412. The molecule has 2 aromatic carbocycles. The van der Waals surface area contributed by atoms with Gasteiger partial charge in [0.15, 0.2) is 0 Å². The summed E-state index contributed by atoms with van der Waals surface area (Å²) in [5, 5.41) is 24.7. The second-order valence-corrected chi connectivity index (χ2v) is 7.83. The Morgan fingerprint density at radius 2 is 2.00 bits per heavy atom. The fourth-order valence-electron chi connectivity index (χ4n) is 2.27. The molecular formula is C19H16BrN5O4S. The Morgan fingerprint density at radius 3 is 2.73 bits per heavy atom. The van der Waals surface area contributed by atoms with Crippen molar-refractivity contribution in [3.8, 4) is 11.5 Å². The Kier molecular flexibility index (Phi) is 7.09. The van der Waals surface area contributed by atoms with E-state index >= 15 is 0 Å². The van der Waals surface area contributed by atoms with Crippen molar-refractivity contribution in [3.05, 3.63) is 63.1 Å². The van der Waals surface area contributed by atoms with E-state index in [1.807, 2.05) is 0 Å². The zero-order chi connectivity index (χ0) is 21.5. The van der Waals surface area contributed by atoms with E-state index in [9.17, 15) is 14.7 Å². The van der Waals surface area contributed by atoms with Crippen LogP contribution >= 0.6 is 27.3 Å². The van der Waals surface area contributed by atoms with Crippen molar-refractivity contribution in [2.75, 3.05) is 12.4 Å². The average Bonchev–Trinajstić information content (AvgIpc) is 3.17. The molecule has 2 amide bonds. The molecular weight excluding hydrogens is 474 g/mol. The van der Waals surface area contributed by atoms with Gasteiger partial charge in [0.2, 0.25) is 11.0 Å². The lowest BCUT2D eigenvalue weighted by atomic mass is 10.2. The van der Waals surface area contributed by atoms with E-state index in [-0.39, 0.29) is 23.2 Å². The molecule has 154 valence electrons. The summed E-state index contributed by atoms with van der Waals surface area (Å²) < 4.78 is 5.83. The number of nitrogens with one attached hydrogen (secondary N) is 2. The maximum Gasteiger partial charge on any atom is 0.257 e. The van der Waals surface area contributed by atoms with Crippen LogP contribution in [0.4, 0.5) is 5.13 Å². The van der Waals surface area contributed by atoms with Crippen LogP contribution in [0.5, 0.6) is 11.5 Å².